The van der Waals surface area contributed by atoms with Gasteiger partial charge in [0, 0.05) is 12.5 Å². The van der Waals surface area contributed by atoms with Gasteiger partial charge in [0.1, 0.15) is 5.82 Å². The van der Waals surface area contributed by atoms with Gasteiger partial charge in [-0.3, -0.25) is 0 Å². The zero-order valence-electron chi connectivity index (χ0n) is 11.5. The van der Waals surface area contributed by atoms with Crippen LogP contribution in [-0.4, -0.2) is 13.1 Å². The number of hydrogen-bond donors (Lipinski definition) is 1. The minimum atomic E-state index is -0.849. The van der Waals surface area contributed by atoms with Crippen LogP contribution in [0.25, 0.3) is 0 Å². The van der Waals surface area contributed by atoms with Crippen LogP contribution in [0.2, 0.25) is 0 Å². The molecule has 0 aromatic heterocycles. The van der Waals surface area contributed by atoms with E-state index >= 15 is 0 Å². The maximum atomic E-state index is 14.1. The molecule has 0 amide bonds. The van der Waals surface area contributed by atoms with Gasteiger partial charge in [0.25, 0.3) is 0 Å². The topological polar surface area (TPSA) is 12.0 Å². The highest BCUT2D eigenvalue weighted by Gasteiger charge is 2.31. The van der Waals surface area contributed by atoms with Gasteiger partial charge in [-0.25, -0.2) is 13.2 Å². The van der Waals surface area contributed by atoms with Crippen molar-refractivity contribution in [2.45, 2.75) is 18.3 Å². The maximum absolute atomic E-state index is 14.1. The van der Waals surface area contributed by atoms with Crippen LogP contribution >= 0.6 is 0 Å². The molecular weight excluding hydrogens is 275 g/mol. The predicted octanol–water partition coefficient (Wildman–Crippen LogP) is 3.96. The molecule has 2 aromatic carbocycles. The van der Waals surface area contributed by atoms with Gasteiger partial charge in [-0.15, -0.1) is 0 Å². The summed E-state index contributed by atoms with van der Waals surface area (Å²) in [6.07, 6.45) is 0.652. The van der Waals surface area contributed by atoms with Crippen LogP contribution in [0.4, 0.5) is 13.2 Å². The molecule has 1 aliphatic rings. The molecule has 1 nitrogen and oxygen atoms in total. The molecule has 110 valence electrons. The number of piperidine rings is 1. The van der Waals surface area contributed by atoms with Crippen LogP contribution < -0.4 is 5.32 Å². The molecule has 0 radical (unpaired) electrons. The van der Waals surface area contributed by atoms with Gasteiger partial charge in [-0.1, -0.05) is 30.3 Å². The minimum Gasteiger partial charge on any atom is -0.316 e. The van der Waals surface area contributed by atoms with Crippen molar-refractivity contribution < 1.29 is 13.2 Å². The third kappa shape index (κ3) is 2.68. The first-order chi connectivity index (χ1) is 10.2. The molecule has 0 bridgehead atoms. The summed E-state index contributed by atoms with van der Waals surface area (Å²) in [5.74, 6) is -2.38. The summed E-state index contributed by atoms with van der Waals surface area (Å²) >= 11 is 0. The van der Waals surface area contributed by atoms with Gasteiger partial charge < -0.3 is 5.32 Å². The maximum Gasteiger partial charge on any atom is 0.162 e. The third-order valence-electron chi connectivity index (χ3n) is 4.17. The van der Waals surface area contributed by atoms with Gasteiger partial charge in [0.05, 0.1) is 0 Å². The first-order valence-electron chi connectivity index (χ1n) is 7.07. The molecule has 21 heavy (non-hydrogen) atoms. The highest BCUT2D eigenvalue weighted by molar-refractivity contribution is 5.32. The molecule has 0 spiro atoms. The van der Waals surface area contributed by atoms with Crippen molar-refractivity contribution in [1.29, 1.82) is 0 Å². The Labute approximate surface area is 121 Å². The Balaban J connectivity index is 2.03. The molecule has 1 fully saturated rings. The summed E-state index contributed by atoms with van der Waals surface area (Å²) in [7, 11) is 0. The van der Waals surface area contributed by atoms with Crippen LogP contribution in [0.5, 0.6) is 0 Å². The van der Waals surface area contributed by atoms with E-state index in [1.165, 1.54) is 12.1 Å². The lowest BCUT2D eigenvalue weighted by Crippen LogP contribution is -2.34. The molecule has 2 aromatic rings. The Morgan fingerprint density at radius 2 is 1.52 bits per heavy atom. The van der Waals surface area contributed by atoms with Crippen LogP contribution in [0.15, 0.2) is 42.5 Å². The van der Waals surface area contributed by atoms with Gasteiger partial charge in [0.2, 0.25) is 0 Å². The Bertz CT molecular complexity index is 642. The molecule has 4 heteroatoms. The summed E-state index contributed by atoms with van der Waals surface area (Å²) < 4.78 is 41.6. The molecule has 2 atom stereocenters. The summed E-state index contributed by atoms with van der Waals surface area (Å²) in [4.78, 5) is 0. The van der Waals surface area contributed by atoms with Gasteiger partial charge in [0.15, 0.2) is 11.6 Å². The van der Waals surface area contributed by atoms with Gasteiger partial charge in [-0.05, 0) is 42.1 Å². The van der Waals surface area contributed by atoms with E-state index in [1.54, 1.807) is 24.3 Å². The molecule has 3 rings (SSSR count). The smallest absolute Gasteiger partial charge is 0.162 e. The van der Waals surface area contributed by atoms with Gasteiger partial charge >= 0.3 is 0 Å². The monoisotopic (exact) mass is 291 g/mol. The van der Waals surface area contributed by atoms with Crippen molar-refractivity contribution >= 4 is 0 Å². The quantitative estimate of drug-likeness (QED) is 0.883. The Morgan fingerprint density at radius 1 is 0.810 bits per heavy atom. The van der Waals surface area contributed by atoms with E-state index in [-0.39, 0.29) is 17.7 Å². The second-order valence-electron chi connectivity index (χ2n) is 5.37. The van der Waals surface area contributed by atoms with Gasteiger partial charge in [-0.2, -0.15) is 0 Å². The van der Waals surface area contributed by atoms with Crippen molar-refractivity contribution in [3.63, 3.8) is 0 Å². The molecule has 1 aliphatic heterocycles. The first kappa shape index (κ1) is 14.1. The van der Waals surface area contributed by atoms with Crippen LogP contribution in [0.3, 0.4) is 0 Å². The minimum absolute atomic E-state index is 0.198. The summed E-state index contributed by atoms with van der Waals surface area (Å²) in [6, 6.07) is 10.7. The second kappa shape index (κ2) is 5.90. The lowest BCUT2D eigenvalue weighted by atomic mass is 9.77. The van der Waals surface area contributed by atoms with Crippen molar-refractivity contribution in [2.75, 3.05) is 13.1 Å². The molecule has 1 heterocycles. The Kier molecular flexibility index (Phi) is 3.97. The summed E-state index contributed by atoms with van der Waals surface area (Å²) in [6.45, 7) is 1.27. The highest BCUT2D eigenvalue weighted by atomic mass is 19.2. The lowest BCUT2D eigenvalue weighted by molar-refractivity contribution is 0.377. The SMILES string of the molecule is Fc1ccccc1C1CNCCC1c1cccc(F)c1F. The van der Waals surface area contributed by atoms with Crippen molar-refractivity contribution in [3.8, 4) is 0 Å². The van der Waals surface area contributed by atoms with Crippen LogP contribution in [0.1, 0.15) is 29.4 Å². The second-order valence-corrected chi connectivity index (χ2v) is 5.37. The molecule has 1 saturated heterocycles. The van der Waals surface area contributed by atoms with E-state index in [2.05, 4.69) is 5.32 Å². The zero-order valence-corrected chi connectivity index (χ0v) is 11.5. The highest BCUT2D eigenvalue weighted by Crippen LogP contribution is 2.39. The van der Waals surface area contributed by atoms with E-state index < -0.39 is 11.6 Å². The molecule has 0 aliphatic carbocycles. The molecular formula is C17H16F3N. The van der Waals surface area contributed by atoms with E-state index in [1.807, 2.05) is 0 Å². The Morgan fingerprint density at radius 3 is 2.33 bits per heavy atom. The normalized spacial score (nSPS) is 22.2. The van der Waals surface area contributed by atoms with Crippen LogP contribution in [0, 0.1) is 17.5 Å². The van der Waals surface area contributed by atoms with Crippen LogP contribution in [-0.2, 0) is 0 Å². The largest absolute Gasteiger partial charge is 0.316 e. The van der Waals surface area contributed by atoms with E-state index in [4.69, 9.17) is 0 Å². The number of nitrogens with one attached hydrogen (secondary N) is 1. The van der Waals surface area contributed by atoms with Crippen molar-refractivity contribution in [2.24, 2.45) is 0 Å². The van der Waals surface area contributed by atoms with Crippen molar-refractivity contribution in [3.05, 3.63) is 71.0 Å². The average molecular weight is 291 g/mol. The number of hydrogen-bond acceptors (Lipinski definition) is 1. The van der Waals surface area contributed by atoms with E-state index in [9.17, 15) is 13.2 Å². The first-order valence-corrected chi connectivity index (χ1v) is 7.07. The fraction of sp³-hybridized carbons (Fsp3) is 0.294. The third-order valence-corrected chi connectivity index (χ3v) is 4.17. The number of benzene rings is 2. The van der Waals surface area contributed by atoms with E-state index in [0.29, 0.717) is 30.6 Å². The summed E-state index contributed by atoms with van der Waals surface area (Å²) in [5, 5.41) is 3.21. The zero-order chi connectivity index (χ0) is 14.8. The Hall–Kier alpha value is -1.81. The van der Waals surface area contributed by atoms with Crippen molar-refractivity contribution in [1.82, 2.24) is 5.32 Å². The van der Waals surface area contributed by atoms with E-state index in [0.717, 1.165) is 6.07 Å². The molecule has 1 N–H and O–H groups in total. The molecule has 2 unspecified atom stereocenters. The number of rotatable bonds is 2. The standard InChI is InChI=1S/C17H16F3N/c18-15-6-2-1-4-12(15)14-10-21-9-8-11(14)13-5-3-7-16(19)17(13)20/h1-7,11,14,21H,8-10H2. The average Bonchev–Trinajstić information content (AvgIpc) is 2.51. The molecule has 0 saturated carbocycles. The lowest BCUT2D eigenvalue weighted by Gasteiger charge is -2.33. The summed E-state index contributed by atoms with van der Waals surface area (Å²) in [5.41, 5.74) is 0.892. The fourth-order valence-corrected chi connectivity index (χ4v) is 3.14. The predicted molar refractivity (Wildman–Crippen MR) is 75.7 cm³/mol. The number of halogens is 3. The fourth-order valence-electron chi connectivity index (χ4n) is 3.14.